The van der Waals surface area contributed by atoms with Crippen molar-refractivity contribution in [3.8, 4) is 5.75 Å². The number of nitrogens with one attached hydrogen (secondary N) is 1. The second-order valence-corrected chi connectivity index (χ2v) is 5.64. The van der Waals surface area contributed by atoms with Crippen molar-refractivity contribution in [1.82, 2.24) is 25.1 Å². The fraction of sp³-hybridized carbons (Fsp3) is 0.294. The molecule has 136 valence electrons. The van der Waals surface area contributed by atoms with Crippen LogP contribution in [-0.4, -0.2) is 45.7 Å². The molecule has 26 heavy (non-hydrogen) atoms. The van der Waals surface area contributed by atoms with Crippen LogP contribution >= 0.6 is 0 Å². The van der Waals surface area contributed by atoms with Crippen LogP contribution in [0.2, 0.25) is 0 Å². The van der Waals surface area contributed by atoms with E-state index in [1.54, 1.807) is 29.9 Å². The summed E-state index contributed by atoms with van der Waals surface area (Å²) in [5, 5.41) is 7.61. The molecule has 0 saturated carbocycles. The van der Waals surface area contributed by atoms with Crippen LogP contribution in [0.3, 0.4) is 0 Å². The zero-order chi connectivity index (χ0) is 18.7. The first-order chi connectivity index (χ1) is 12.5. The zero-order valence-corrected chi connectivity index (χ0v) is 14.2. The van der Waals surface area contributed by atoms with Gasteiger partial charge >= 0.3 is 0 Å². The normalized spacial score (nSPS) is 11.1. The Morgan fingerprint density at radius 2 is 2.19 bits per heavy atom. The molecule has 0 unspecified atom stereocenters. The molecule has 3 aromatic rings. The molecule has 0 saturated heterocycles. The molecule has 7 nitrogen and oxygen atoms in total. The van der Waals surface area contributed by atoms with Gasteiger partial charge in [0.25, 0.3) is 12.3 Å². The van der Waals surface area contributed by atoms with Crippen LogP contribution in [0.4, 0.5) is 8.78 Å². The van der Waals surface area contributed by atoms with Crippen molar-refractivity contribution in [2.24, 2.45) is 0 Å². The third kappa shape index (κ3) is 3.76. The first-order valence-corrected chi connectivity index (χ1v) is 7.88. The van der Waals surface area contributed by atoms with Crippen molar-refractivity contribution >= 4 is 16.8 Å². The van der Waals surface area contributed by atoms with Crippen molar-refractivity contribution in [2.75, 3.05) is 13.7 Å². The number of hydrogen-bond acceptors (Lipinski definition) is 5. The van der Waals surface area contributed by atoms with Gasteiger partial charge in [-0.2, -0.15) is 5.10 Å². The van der Waals surface area contributed by atoms with Gasteiger partial charge in [-0.1, -0.05) is 0 Å². The zero-order valence-electron chi connectivity index (χ0n) is 14.2. The minimum absolute atomic E-state index is 0.287. The molecule has 9 heteroatoms. The van der Waals surface area contributed by atoms with Crippen LogP contribution in [0.15, 0.2) is 30.7 Å². The van der Waals surface area contributed by atoms with E-state index in [9.17, 15) is 13.6 Å². The van der Waals surface area contributed by atoms with Gasteiger partial charge in [0.1, 0.15) is 18.1 Å². The number of pyridine rings is 2. The predicted molar refractivity (Wildman–Crippen MR) is 90.5 cm³/mol. The van der Waals surface area contributed by atoms with E-state index in [0.717, 1.165) is 0 Å². The number of rotatable bonds is 6. The largest absolute Gasteiger partial charge is 0.486 e. The van der Waals surface area contributed by atoms with E-state index in [1.165, 1.54) is 19.4 Å². The van der Waals surface area contributed by atoms with Gasteiger partial charge in [-0.3, -0.25) is 19.4 Å². The van der Waals surface area contributed by atoms with Crippen molar-refractivity contribution in [3.63, 3.8) is 0 Å². The van der Waals surface area contributed by atoms with Crippen LogP contribution in [0.25, 0.3) is 10.9 Å². The van der Waals surface area contributed by atoms with Gasteiger partial charge in [0.05, 0.1) is 29.3 Å². The lowest BCUT2D eigenvalue weighted by atomic mass is 10.2. The van der Waals surface area contributed by atoms with E-state index in [2.05, 4.69) is 20.4 Å². The number of aromatic nitrogens is 4. The first kappa shape index (κ1) is 17.7. The summed E-state index contributed by atoms with van der Waals surface area (Å²) in [5.74, 6) is 0.0374. The van der Waals surface area contributed by atoms with Gasteiger partial charge in [-0.25, -0.2) is 8.78 Å². The molecular weight excluding hydrogens is 344 g/mol. The Bertz CT molecular complexity index is 942. The Morgan fingerprint density at radius 1 is 1.38 bits per heavy atom. The number of aryl methyl sites for hydroxylation is 1. The summed E-state index contributed by atoms with van der Waals surface area (Å²) < 4.78 is 31.2. The van der Waals surface area contributed by atoms with E-state index in [4.69, 9.17) is 4.74 Å². The van der Waals surface area contributed by atoms with E-state index < -0.39 is 13.0 Å². The number of fused-ring (bicyclic) bond motifs is 1. The molecule has 1 amide bonds. The Kier molecular flexibility index (Phi) is 5.06. The highest BCUT2D eigenvalue weighted by Gasteiger charge is 2.13. The van der Waals surface area contributed by atoms with Crippen molar-refractivity contribution < 1.29 is 18.3 Å². The Balaban J connectivity index is 1.83. The van der Waals surface area contributed by atoms with Crippen molar-refractivity contribution in [1.29, 1.82) is 0 Å². The molecule has 0 aromatic carbocycles. The van der Waals surface area contributed by atoms with E-state index in [1.807, 2.05) is 0 Å². The number of carbonyl (C=O) groups excluding carboxylic acids is 1. The summed E-state index contributed by atoms with van der Waals surface area (Å²) in [6.45, 7) is 1.46. The minimum atomic E-state index is -2.53. The summed E-state index contributed by atoms with van der Waals surface area (Å²) in [4.78, 5) is 20.2. The monoisotopic (exact) mass is 361 g/mol. The highest BCUT2D eigenvalue weighted by atomic mass is 19.3. The SMILES string of the molecule is CNC(=O)c1nccc2nn(Cc3cc(C)c(OCC(F)F)cn3)cc12. The van der Waals surface area contributed by atoms with Crippen LogP contribution in [-0.2, 0) is 6.54 Å². The maximum absolute atomic E-state index is 12.2. The summed E-state index contributed by atoms with van der Waals surface area (Å²) in [5.41, 5.74) is 2.34. The second-order valence-electron chi connectivity index (χ2n) is 5.64. The predicted octanol–water partition coefficient (Wildman–Crippen LogP) is 2.19. The molecule has 1 N–H and O–H groups in total. The number of nitrogens with zero attached hydrogens (tertiary/aromatic N) is 4. The number of amides is 1. The van der Waals surface area contributed by atoms with Crippen LogP contribution < -0.4 is 10.1 Å². The maximum atomic E-state index is 12.2. The van der Waals surface area contributed by atoms with Gasteiger partial charge in [0.2, 0.25) is 0 Å². The summed E-state index contributed by atoms with van der Waals surface area (Å²) in [7, 11) is 1.54. The lowest BCUT2D eigenvalue weighted by Crippen LogP contribution is -2.19. The first-order valence-electron chi connectivity index (χ1n) is 7.88. The van der Waals surface area contributed by atoms with E-state index in [0.29, 0.717) is 40.1 Å². The number of hydrogen-bond donors (Lipinski definition) is 1. The summed E-state index contributed by atoms with van der Waals surface area (Å²) in [6.07, 6.45) is 2.15. The molecule has 0 fully saturated rings. The van der Waals surface area contributed by atoms with Crippen molar-refractivity contribution in [2.45, 2.75) is 19.9 Å². The van der Waals surface area contributed by atoms with Gasteiger partial charge < -0.3 is 10.1 Å². The van der Waals surface area contributed by atoms with E-state index >= 15 is 0 Å². The highest BCUT2D eigenvalue weighted by Crippen LogP contribution is 2.19. The number of carbonyl (C=O) groups is 1. The topological polar surface area (TPSA) is 81.9 Å². The fourth-order valence-electron chi connectivity index (χ4n) is 2.53. The smallest absolute Gasteiger partial charge is 0.272 e. The Labute approximate surface area is 148 Å². The highest BCUT2D eigenvalue weighted by molar-refractivity contribution is 6.03. The van der Waals surface area contributed by atoms with E-state index in [-0.39, 0.29) is 5.91 Å². The number of alkyl halides is 2. The second kappa shape index (κ2) is 7.42. The molecule has 0 atom stereocenters. The summed E-state index contributed by atoms with van der Waals surface area (Å²) in [6, 6.07) is 3.48. The molecule has 0 aliphatic carbocycles. The van der Waals surface area contributed by atoms with Gasteiger partial charge in [-0.05, 0) is 24.6 Å². The molecular formula is C17H17F2N5O2. The lowest BCUT2D eigenvalue weighted by molar-refractivity contribution is 0.0813. The molecule has 3 heterocycles. The molecule has 3 rings (SSSR count). The quantitative estimate of drug-likeness (QED) is 0.728. The van der Waals surface area contributed by atoms with Crippen molar-refractivity contribution in [3.05, 3.63) is 47.7 Å². The number of ether oxygens (including phenoxy) is 1. The Morgan fingerprint density at radius 3 is 2.88 bits per heavy atom. The number of halogens is 2. The minimum Gasteiger partial charge on any atom is -0.486 e. The van der Waals surface area contributed by atoms with Gasteiger partial charge in [0, 0.05) is 19.4 Å². The molecule has 0 spiro atoms. The third-order valence-electron chi connectivity index (χ3n) is 3.73. The van der Waals surface area contributed by atoms with Crippen LogP contribution in [0.1, 0.15) is 21.7 Å². The standard InChI is InChI=1S/C17H17F2N5O2/c1-10-5-11(22-6-14(10)26-9-15(18)19)7-24-8-12-13(23-24)3-4-21-16(12)17(25)20-2/h3-6,8,15H,7,9H2,1-2H3,(H,20,25). The summed E-state index contributed by atoms with van der Waals surface area (Å²) >= 11 is 0. The molecule has 0 aliphatic heterocycles. The third-order valence-corrected chi connectivity index (χ3v) is 3.73. The molecule has 0 radical (unpaired) electrons. The average Bonchev–Trinajstić information content (AvgIpc) is 3.02. The van der Waals surface area contributed by atoms with Crippen LogP contribution in [0.5, 0.6) is 5.75 Å². The molecule has 3 aromatic heterocycles. The van der Waals surface area contributed by atoms with Gasteiger partial charge in [0.15, 0.2) is 0 Å². The van der Waals surface area contributed by atoms with Gasteiger partial charge in [-0.15, -0.1) is 0 Å². The average molecular weight is 361 g/mol. The molecule has 0 aliphatic rings. The fourth-order valence-corrected chi connectivity index (χ4v) is 2.53. The maximum Gasteiger partial charge on any atom is 0.272 e. The molecule has 0 bridgehead atoms. The van der Waals surface area contributed by atoms with Crippen LogP contribution in [0, 0.1) is 6.92 Å². The Hall–Kier alpha value is -3.10. The lowest BCUT2D eigenvalue weighted by Gasteiger charge is -2.09.